The second kappa shape index (κ2) is 6.81. The summed E-state index contributed by atoms with van der Waals surface area (Å²) in [6, 6.07) is 6.22. The second-order valence-electron chi connectivity index (χ2n) is 4.54. The maximum absolute atomic E-state index is 14.0. The van der Waals surface area contributed by atoms with Crippen LogP contribution in [0.15, 0.2) is 34.8 Å². The first-order chi connectivity index (χ1) is 9.93. The molecular weight excluding hydrogens is 367 g/mol. The molecule has 0 aromatic heterocycles. The van der Waals surface area contributed by atoms with Crippen molar-refractivity contribution in [3.05, 3.63) is 68.4 Å². The third kappa shape index (κ3) is 3.59. The molecule has 1 N–H and O–H groups in total. The molecule has 0 aliphatic rings. The molecule has 6 heteroatoms. The fourth-order valence-corrected chi connectivity index (χ4v) is 2.76. The van der Waals surface area contributed by atoms with Crippen LogP contribution in [-0.2, 0) is 6.42 Å². The molecule has 2 aromatic carbocycles. The van der Waals surface area contributed by atoms with E-state index in [9.17, 15) is 13.2 Å². The van der Waals surface area contributed by atoms with E-state index in [0.29, 0.717) is 10.0 Å². The molecule has 21 heavy (non-hydrogen) atoms. The molecule has 0 heterocycles. The van der Waals surface area contributed by atoms with Crippen LogP contribution >= 0.6 is 27.5 Å². The summed E-state index contributed by atoms with van der Waals surface area (Å²) in [5.74, 6) is -1.95. The van der Waals surface area contributed by atoms with Gasteiger partial charge in [0.2, 0.25) is 0 Å². The van der Waals surface area contributed by atoms with Crippen molar-refractivity contribution in [2.75, 3.05) is 7.05 Å². The van der Waals surface area contributed by atoms with Crippen molar-refractivity contribution in [2.45, 2.75) is 12.5 Å². The number of likely N-dealkylation sites (N-methyl/N-ethyl adjacent to an activating group) is 1. The van der Waals surface area contributed by atoms with Crippen LogP contribution in [0.1, 0.15) is 17.2 Å². The third-order valence-electron chi connectivity index (χ3n) is 3.20. The van der Waals surface area contributed by atoms with Crippen LogP contribution in [0.3, 0.4) is 0 Å². The van der Waals surface area contributed by atoms with Gasteiger partial charge in [0.1, 0.15) is 17.5 Å². The Morgan fingerprint density at radius 3 is 2.38 bits per heavy atom. The smallest absolute Gasteiger partial charge is 0.145 e. The molecule has 0 saturated carbocycles. The van der Waals surface area contributed by atoms with E-state index in [1.165, 1.54) is 18.2 Å². The fourth-order valence-electron chi connectivity index (χ4n) is 2.16. The van der Waals surface area contributed by atoms with Crippen molar-refractivity contribution >= 4 is 27.5 Å². The molecule has 0 spiro atoms. The quantitative estimate of drug-likeness (QED) is 0.787. The first-order valence-electron chi connectivity index (χ1n) is 6.18. The average molecular weight is 379 g/mol. The minimum Gasteiger partial charge on any atom is -0.313 e. The van der Waals surface area contributed by atoms with Gasteiger partial charge in [-0.3, -0.25) is 0 Å². The zero-order valence-corrected chi connectivity index (χ0v) is 13.4. The second-order valence-corrected chi connectivity index (χ2v) is 5.86. The van der Waals surface area contributed by atoms with Crippen molar-refractivity contribution in [2.24, 2.45) is 0 Å². The lowest BCUT2D eigenvalue weighted by molar-refractivity contribution is 0.481. The molecule has 112 valence electrons. The molecule has 1 nitrogen and oxygen atoms in total. The molecule has 0 aliphatic heterocycles. The van der Waals surface area contributed by atoms with E-state index < -0.39 is 23.5 Å². The summed E-state index contributed by atoms with van der Waals surface area (Å²) in [5, 5.41) is 2.79. The van der Waals surface area contributed by atoms with E-state index in [1.54, 1.807) is 19.2 Å². The van der Waals surface area contributed by atoms with E-state index in [1.807, 2.05) is 0 Å². The fraction of sp³-hybridized carbons (Fsp3) is 0.200. The van der Waals surface area contributed by atoms with Crippen LogP contribution in [0.5, 0.6) is 0 Å². The Bertz CT molecular complexity index is 640. The minimum atomic E-state index is -0.703. The molecular formula is C15H12BrClF3N. The highest BCUT2D eigenvalue weighted by Gasteiger charge is 2.21. The highest BCUT2D eigenvalue weighted by molar-refractivity contribution is 9.10. The number of hydrogen-bond acceptors (Lipinski definition) is 1. The molecule has 1 atom stereocenters. The van der Waals surface area contributed by atoms with Gasteiger partial charge in [0.25, 0.3) is 0 Å². The van der Waals surface area contributed by atoms with Gasteiger partial charge in [-0.2, -0.15) is 0 Å². The monoisotopic (exact) mass is 377 g/mol. The Labute approximate surface area is 134 Å². The largest absolute Gasteiger partial charge is 0.313 e. The molecule has 2 aromatic rings. The van der Waals surface area contributed by atoms with Gasteiger partial charge in [-0.05, 0) is 37.2 Å². The average Bonchev–Trinajstić information content (AvgIpc) is 2.41. The Hall–Kier alpha value is -1.04. The summed E-state index contributed by atoms with van der Waals surface area (Å²) >= 11 is 8.75. The van der Waals surface area contributed by atoms with Gasteiger partial charge in [0, 0.05) is 16.1 Å². The maximum Gasteiger partial charge on any atom is 0.145 e. The minimum absolute atomic E-state index is 0.0147. The van der Waals surface area contributed by atoms with Crippen LogP contribution in [-0.4, -0.2) is 7.05 Å². The van der Waals surface area contributed by atoms with Crippen molar-refractivity contribution in [1.82, 2.24) is 5.32 Å². The van der Waals surface area contributed by atoms with Gasteiger partial charge < -0.3 is 5.32 Å². The van der Waals surface area contributed by atoms with Gasteiger partial charge in [0.15, 0.2) is 0 Å². The summed E-state index contributed by atoms with van der Waals surface area (Å²) in [5.41, 5.74) is 0.170. The molecule has 0 radical (unpaired) electrons. The van der Waals surface area contributed by atoms with Crippen molar-refractivity contribution < 1.29 is 13.2 Å². The highest BCUT2D eigenvalue weighted by atomic mass is 79.9. The molecule has 0 saturated heterocycles. The molecule has 0 bridgehead atoms. The van der Waals surface area contributed by atoms with Crippen molar-refractivity contribution in [3.63, 3.8) is 0 Å². The summed E-state index contributed by atoms with van der Waals surface area (Å²) in [7, 11) is 1.56. The summed E-state index contributed by atoms with van der Waals surface area (Å²) < 4.78 is 42.2. The highest BCUT2D eigenvalue weighted by Crippen LogP contribution is 2.29. The van der Waals surface area contributed by atoms with E-state index in [0.717, 1.165) is 0 Å². The predicted molar refractivity (Wildman–Crippen MR) is 81.0 cm³/mol. The lowest BCUT2D eigenvalue weighted by Gasteiger charge is -2.19. The van der Waals surface area contributed by atoms with Crippen LogP contribution in [0.2, 0.25) is 5.02 Å². The number of hydrogen-bond donors (Lipinski definition) is 1. The molecule has 2 rings (SSSR count). The van der Waals surface area contributed by atoms with Crippen molar-refractivity contribution in [3.8, 4) is 0 Å². The van der Waals surface area contributed by atoms with Gasteiger partial charge in [-0.15, -0.1) is 0 Å². The normalized spacial score (nSPS) is 12.5. The van der Waals surface area contributed by atoms with E-state index in [2.05, 4.69) is 21.2 Å². The predicted octanol–water partition coefficient (Wildman–Crippen LogP) is 5.02. The molecule has 0 fully saturated rings. The zero-order chi connectivity index (χ0) is 15.6. The Kier molecular flexibility index (Phi) is 5.30. The van der Waals surface area contributed by atoms with Crippen LogP contribution in [0.4, 0.5) is 13.2 Å². The molecule has 0 aliphatic carbocycles. The SMILES string of the molecule is CNC(Cc1cccc(Cl)c1F)c1c(F)cc(Br)cc1F. The Morgan fingerprint density at radius 2 is 1.81 bits per heavy atom. The summed E-state index contributed by atoms with van der Waals surface area (Å²) in [6.45, 7) is 0. The Balaban J connectivity index is 2.39. The number of nitrogens with one attached hydrogen (secondary N) is 1. The Morgan fingerprint density at radius 1 is 1.19 bits per heavy atom. The van der Waals surface area contributed by atoms with E-state index in [4.69, 9.17) is 11.6 Å². The van der Waals surface area contributed by atoms with Gasteiger partial charge >= 0.3 is 0 Å². The van der Waals surface area contributed by atoms with Gasteiger partial charge in [-0.25, -0.2) is 13.2 Å². The van der Waals surface area contributed by atoms with Crippen LogP contribution < -0.4 is 5.32 Å². The maximum atomic E-state index is 14.0. The lowest BCUT2D eigenvalue weighted by atomic mass is 9.97. The number of rotatable bonds is 4. The van der Waals surface area contributed by atoms with E-state index >= 15 is 0 Å². The number of benzene rings is 2. The first kappa shape index (κ1) is 16.3. The zero-order valence-electron chi connectivity index (χ0n) is 11.1. The molecule has 0 amide bonds. The summed E-state index contributed by atoms with van der Waals surface area (Å²) in [4.78, 5) is 0. The van der Waals surface area contributed by atoms with Crippen LogP contribution in [0, 0.1) is 17.5 Å². The first-order valence-corrected chi connectivity index (χ1v) is 7.35. The third-order valence-corrected chi connectivity index (χ3v) is 3.95. The molecule has 1 unspecified atom stereocenters. The topological polar surface area (TPSA) is 12.0 Å². The standard InChI is InChI=1S/C15H12BrClF3N/c1-21-13(5-8-3-2-4-10(17)15(8)20)14-11(18)6-9(16)7-12(14)19/h2-4,6-7,13,21H,5H2,1H3. The number of halogens is 5. The lowest BCUT2D eigenvalue weighted by Crippen LogP contribution is -2.22. The van der Waals surface area contributed by atoms with Gasteiger partial charge in [-0.1, -0.05) is 39.7 Å². The summed E-state index contributed by atoms with van der Waals surface area (Å²) in [6.07, 6.45) is 0.0817. The van der Waals surface area contributed by atoms with E-state index in [-0.39, 0.29) is 17.0 Å². The van der Waals surface area contributed by atoms with Gasteiger partial charge in [0.05, 0.1) is 5.02 Å². The van der Waals surface area contributed by atoms with Crippen molar-refractivity contribution in [1.29, 1.82) is 0 Å². The van der Waals surface area contributed by atoms with Crippen LogP contribution in [0.25, 0.3) is 0 Å².